The summed E-state index contributed by atoms with van der Waals surface area (Å²) in [5.41, 5.74) is 7.26. The van der Waals surface area contributed by atoms with Crippen molar-refractivity contribution in [3.63, 3.8) is 0 Å². The van der Waals surface area contributed by atoms with Crippen LogP contribution < -0.4 is 9.31 Å². The molecule has 17 heavy (non-hydrogen) atoms. The smallest absolute Gasteiger partial charge is 0.147 e. The molecule has 4 heteroatoms. The van der Waals surface area contributed by atoms with Crippen LogP contribution in [0.2, 0.25) is 4.94 Å². The Hall–Kier alpha value is 0.229. The Morgan fingerprint density at radius 2 is 1.88 bits per heavy atom. The second kappa shape index (κ2) is 8.35. The van der Waals surface area contributed by atoms with E-state index < -0.39 is 20.2 Å². The fourth-order valence-electron chi connectivity index (χ4n) is 1.66. The van der Waals surface area contributed by atoms with E-state index in [1.54, 1.807) is 0 Å². The zero-order chi connectivity index (χ0) is 12.1. The van der Waals surface area contributed by atoms with Gasteiger partial charge in [0.05, 0.1) is 0 Å². The summed E-state index contributed by atoms with van der Waals surface area (Å²) in [7, 11) is 0. The molecule has 0 saturated heterocycles. The third-order valence-corrected chi connectivity index (χ3v) is 8.41. The molecule has 0 saturated carbocycles. The van der Waals surface area contributed by atoms with Gasteiger partial charge in [-0.25, -0.2) is 0 Å². The summed E-state index contributed by atoms with van der Waals surface area (Å²) in [6, 6.07) is 8.57. The Bertz CT molecular complexity index is 333. The molecule has 2 N–H and O–H groups in total. The summed E-state index contributed by atoms with van der Waals surface area (Å²) in [4.78, 5) is 2.29. The van der Waals surface area contributed by atoms with Crippen LogP contribution in [0.3, 0.4) is 0 Å². The predicted octanol–water partition coefficient (Wildman–Crippen LogP) is 2.77. The average molecular weight is 363 g/mol. The molecule has 0 spiro atoms. The predicted molar refractivity (Wildman–Crippen MR) is 78.4 cm³/mol. The van der Waals surface area contributed by atoms with Crippen LogP contribution in [0.4, 0.5) is 0 Å². The fourth-order valence-corrected chi connectivity index (χ4v) is 7.22. The van der Waals surface area contributed by atoms with Gasteiger partial charge in [-0.1, -0.05) is 0 Å². The Kier molecular flexibility index (Phi) is 8.46. The van der Waals surface area contributed by atoms with Crippen molar-refractivity contribution in [2.45, 2.75) is 44.3 Å². The van der Waals surface area contributed by atoms with Gasteiger partial charge in [0.25, 0.3) is 0 Å². The van der Waals surface area contributed by atoms with Crippen LogP contribution in [-0.4, -0.2) is 26.3 Å². The molecule has 0 heterocycles. The molecule has 1 radical (unpaired) electrons. The van der Waals surface area contributed by atoms with E-state index in [1.807, 2.05) is 6.92 Å². The van der Waals surface area contributed by atoms with Crippen LogP contribution in [0.1, 0.15) is 38.8 Å². The molecule has 0 aliphatic rings. The third-order valence-electron chi connectivity index (χ3n) is 2.78. The van der Waals surface area contributed by atoms with Gasteiger partial charge in [0.15, 0.2) is 0 Å². The zero-order valence-corrected chi connectivity index (χ0v) is 14.7. The van der Waals surface area contributed by atoms with E-state index in [-0.39, 0.29) is 18.4 Å². The van der Waals surface area contributed by atoms with Gasteiger partial charge >= 0.3 is 107 Å². The molecule has 1 aromatic rings. The zero-order valence-electron chi connectivity index (χ0n) is 11.1. The largest absolute Gasteiger partial charge is 0.147 e. The molecule has 0 fully saturated rings. The van der Waals surface area contributed by atoms with Gasteiger partial charge < -0.3 is 0 Å². The first-order valence-electron chi connectivity index (χ1n) is 5.91. The maximum absolute atomic E-state index is 6.12. The maximum atomic E-state index is 6.12. The van der Waals surface area contributed by atoms with Gasteiger partial charge in [-0.05, 0) is 0 Å². The van der Waals surface area contributed by atoms with Gasteiger partial charge in [0, 0.05) is 0 Å². The monoisotopic (exact) mass is 364 g/mol. The number of halogens is 1. The van der Waals surface area contributed by atoms with Crippen LogP contribution in [0.15, 0.2) is 24.3 Å². The van der Waals surface area contributed by atoms with Gasteiger partial charge in [-0.3, -0.25) is 0 Å². The molecule has 1 rings (SSSR count). The minimum Gasteiger partial charge on any atom is -0.147 e. The number of nitrogens with two attached hydrogens (primary N) is 1. The SMILES string of the molecule is CCC(C)[O][Sn]([CH3])[c]1ccccc1C(C)N.Cl. The van der Waals surface area contributed by atoms with Crippen molar-refractivity contribution in [2.24, 2.45) is 5.73 Å². The molecule has 0 amide bonds. The topological polar surface area (TPSA) is 35.2 Å². The van der Waals surface area contributed by atoms with E-state index in [4.69, 9.17) is 8.81 Å². The minimum absolute atomic E-state index is 0. The number of benzene rings is 1. The fraction of sp³-hybridized carbons (Fsp3) is 0.538. The van der Waals surface area contributed by atoms with Crippen molar-refractivity contribution in [2.75, 3.05) is 0 Å². The summed E-state index contributed by atoms with van der Waals surface area (Å²) < 4.78 is 7.52. The molecule has 0 aromatic heterocycles. The Morgan fingerprint density at radius 3 is 2.41 bits per heavy atom. The van der Waals surface area contributed by atoms with Crippen molar-refractivity contribution in [3.8, 4) is 0 Å². The number of hydrogen-bond acceptors (Lipinski definition) is 2. The average Bonchev–Trinajstić information content (AvgIpc) is 2.28. The summed E-state index contributed by atoms with van der Waals surface area (Å²) in [5, 5.41) is 0. The third kappa shape index (κ3) is 5.16. The van der Waals surface area contributed by atoms with Crippen molar-refractivity contribution in [3.05, 3.63) is 29.8 Å². The Labute approximate surface area is 119 Å². The quantitative estimate of drug-likeness (QED) is 0.817. The van der Waals surface area contributed by atoms with Crippen LogP contribution in [0, 0.1) is 0 Å². The second-order valence-electron chi connectivity index (χ2n) is 4.27. The molecule has 2 nitrogen and oxygen atoms in total. The van der Waals surface area contributed by atoms with E-state index in [2.05, 4.69) is 43.1 Å². The molecular formula is C13H23ClNOSn. The second-order valence-corrected chi connectivity index (χ2v) is 9.65. The maximum Gasteiger partial charge on any atom is -0.147 e. The first-order chi connectivity index (χ1) is 7.56. The molecule has 2 unspecified atom stereocenters. The standard InChI is InChI=1S/C8H10N.C4H9O.CH3.ClH.Sn/c1-7(9)8-5-3-2-4-6-8;1-3-4(2)5;;;/h2-5,7H,9H2,1H3;4H,3H2,1-2H3;1H3;1H;/q;-1;;;+1. The molecule has 0 aliphatic heterocycles. The Morgan fingerprint density at radius 1 is 1.29 bits per heavy atom. The van der Waals surface area contributed by atoms with Crippen molar-refractivity contribution in [1.82, 2.24) is 0 Å². The van der Waals surface area contributed by atoms with Crippen LogP contribution in [0.5, 0.6) is 0 Å². The summed E-state index contributed by atoms with van der Waals surface area (Å²) in [5.74, 6) is 0. The van der Waals surface area contributed by atoms with E-state index in [9.17, 15) is 0 Å². The number of rotatable bonds is 5. The van der Waals surface area contributed by atoms with Crippen molar-refractivity contribution < 1.29 is 3.07 Å². The Balaban J connectivity index is 0.00000256. The normalized spacial score (nSPS) is 14.2. The first kappa shape index (κ1) is 17.2. The van der Waals surface area contributed by atoms with Gasteiger partial charge in [0.1, 0.15) is 0 Å². The van der Waals surface area contributed by atoms with Crippen LogP contribution in [0.25, 0.3) is 0 Å². The van der Waals surface area contributed by atoms with E-state index in [0.29, 0.717) is 6.10 Å². The summed E-state index contributed by atoms with van der Waals surface area (Å²) in [6.07, 6.45) is 1.46. The van der Waals surface area contributed by atoms with Gasteiger partial charge in [-0.2, -0.15) is 0 Å². The van der Waals surface area contributed by atoms with Gasteiger partial charge in [0.2, 0.25) is 0 Å². The van der Waals surface area contributed by atoms with E-state index in [1.165, 1.54) is 9.14 Å². The molecule has 2 atom stereocenters. The molecular weight excluding hydrogens is 340 g/mol. The van der Waals surface area contributed by atoms with Crippen molar-refractivity contribution in [1.29, 1.82) is 0 Å². The molecule has 0 aliphatic carbocycles. The molecule has 97 valence electrons. The summed E-state index contributed by atoms with van der Waals surface area (Å²) in [6.45, 7) is 6.36. The molecule has 1 aromatic carbocycles. The van der Waals surface area contributed by atoms with Crippen molar-refractivity contribution >= 4 is 36.2 Å². The van der Waals surface area contributed by atoms with E-state index >= 15 is 0 Å². The van der Waals surface area contributed by atoms with Crippen LogP contribution in [-0.2, 0) is 3.07 Å². The summed E-state index contributed by atoms with van der Waals surface area (Å²) >= 11 is -1.90. The minimum atomic E-state index is -1.90. The molecule has 0 bridgehead atoms. The first-order valence-corrected chi connectivity index (χ1v) is 11.4. The van der Waals surface area contributed by atoms with E-state index in [0.717, 1.165) is 6.42 Å². The van der Waals surface area contributed by atoms with Gasteiger partial charge in [-0.15, -0.1) is 12.4 Å². The van der Waals surface area contributed by atoms with Crippen LogP contribution >= 0.6 is 12.4 Å². The number of hydrogen-bond donors (Lipinski definition) is 1.